The molecule has 0 aliphatic rings. The Kier molecular flexibility index (Phi) is 3.78. The van der Waals surface area contributed by atoms with Crippen LogP contribution >= 0.6 is 0 Å². The molecule has 0 unspecified atom stereocenters. The molecular formula is C15H19N5. The van der Waals surface area contributed by atoms with E-state index in [1.807, 2.05) is 42.5 Å². The van der Waals surface area contributed by atoms with Gasteiger partial charge in [0, 0.05) is 26.0 Å². The quantitative estimate of drug-likeness (QED) is 0.696. The molecular weight excluding hydrogens is 250 g/mol. The zero-order chi connectivity index (χ0) is 13.8. The average Bonchev–Trinajstić information content (AvgIpc) is 3.06. The predicted octanol–water partition coefficient (Wildman–Crippen LogP) is 1.95. The van der Waals surface area contributed by atoms with Gasteiger partial charge >= 0.3 is 0 Å². The molecule has 0 radical (unpaired) electrons. The highest BCUT2D eigenvalue weighted by atomic mass is 15.1. The molecule has 104 valence electrons. The average molecular weight is 269 g/mol. The molecule has 5 heteroatoms. The van der Waals surface area contributed by atoms with Gasteiger partial charge in [0.15, 0.2) is 0 Å². The maximum atomic E-state index is 4.40. The fourth-order valence-corrected chi connectivity index (χ4v) is 2.33. The van der Waals surface area contributed by atoms with Crippen LogP contribution in [0.4, 0.5) is 0 Å². The summed E-state index contributed by atoms with van der Waals surface area (Å²) in [5.74, 6) is 1.07. The van der Waals surface area contributed by atoms with Crippen molar-refractivity contribution in [2.75, 3.05) is 6.54 Å². The number of aromatic nitrogens is 4. The van der Waals surface area contributed by atoms with Gasteiger partial charge in [-0.05, 0) is 25.1 Å². The van der Waals surface area contributed by atoms with E-state index in [2.05, 4.69) is 32.0 Å². The Morgan fingerprint density at radius 2 is 2.10 bits per heavy atom. The van der Waals surface area contributed by atoms with E-state index in [9.17, 15) is 0 Å². The topological polar surface area (TPSA) is 47.7 Å². The minimum atomic E-state index is 0.814. The molecule has 0 aliphatic carbocycles. The highest BCUT2D eigenvalue weighted by Crippen LogP contribution is 2.11. The molecule has 3 aromatic rings. The van der Waals surface area contributed by atoms with Gasteiger partial charge in [0.2, 0.25) is 0 Å². The number of para-hydroxylation sites is 2. The van der Waals surface area contributed by atoms with Crippen LogP contribution in [0.5, 0.6) is 0 Å². The molecule has 0 amide bonds. The maximum Gasteiger partial charge on any atom is 0.122 e. The second-order valence-electron chi connectivity index (χ2n) is 4.91. The number of imidazole rings is 2. The Balaban J connectivity index is 1.47. The number of aryl methyl sites for hydroxylation is 2. The Bertz CT molecular complexity index is 682. The van der Waals surface area contributed by atoms with Gasteiger partial charge < -0.3 is 14.5 Å². The molecule has 0 fully saturated rings. The van der Waals surface area contributed by atoms with Gasteiger partial charge in [0.25, 0.3) is 0 Å². The number of benzene rings is 1. The molecule has 20 heavy (non-hydrogen) atoms. The number of hydrogen-bond donors (Lipinski definition) is 1. The van der Waals surface area contributed by atoms with Crippen molar-refractivity contribution in [2.24, 2.45) is 7.05 Å². The van der Waals surface area contributed by atoms with E-state index in [0.29, 0.717) is 0 Å². The van der Waals surface area contributed by atoms with Crippen LogP contribution in [0.3, 0.4) is 0 Å². The lowest BCUT2D eigenvalue weighted by atomic mass is 10.3. The minimum absolute atomic E-state index is 0.814. The number of nitrogens with zero attached hydrogens (tertiary/aromatic N) is 4. The van der Waals surface area contributed by atoms with E-state index < -0.39 is 0 Å². The summed E-state index contributed by atoms with van der Waals surface area (Å²) < 4.78 is 4.24. The third-order valence-corrected chi connectivity index (χ3v) is 3.48. The van der Waals surface area contributed by atoms with E-state index in [4.69, 9.17) is 0 Å². The molecule has 2 aromatic heterocycles. The fourth-order valence-electron chi connectivity index (χ4n) is 2.33. The third-order valence-electron chi connectivity index (χ3n) is 3.48. The SMILES string of the molecule is Cn1ccnc1CNCCCn1cnc2ccccc21. The van der Waals surface area contributed by atoms with Crippen LogP contribution in [-0.4, -0.2) is 25.6 Å². The molecule has 0 spiro atoms. The summed E-state index contributed by atoms with van der Waals surface area (Å²) in [6.07, 6.45) is 6.79. The molecule has 0 atom stereocenters. The van der Waals surface area contributed by atoms with Crippen LogP contribution in [0, 0.1) is 0 Å². The van der Waals surface area contributed by atoms with Crippen LogP contribution in [-0.2, 0) is 20.1 Å². The summed E-state index contributed by atoms with van der Waals surface area (Å²) in [5.41, 5.74) is 2.27. The smallest absolute Gasteiger partial charge is 0.122 e. The van der Waals surface area contributed by atoms with Gasteiger partial charge in [-0.3, -0.25) is 0 Å². The number of nitrogens with one attached hydrogen (secondary N) is 1. The van der Waals surface area contributed by atoms with E-state index >= 15 is 0 Å². The van der Waals surface area contributed by atoms with E-state index in [0.717, 1.165) is 37.4 Å². The normalized spacial score (nSPS) is 11.2. The molecule has 0 bridgehead atoms. The summed E-state index contributed by atoms with van der Waals surface area (Å²) >= 11 is 0. The number of rotatable bonds is 6. The summed E-state index contributed by atoms with van der Waals surface area (Å²) in [6, 6.07) is 8.24. The first-order valence-electron chi connectivity index (χ1n) is 6.91. The van der Waals surface area contributed by atoms with Crippen molar-refractivity contribution in [3.05, 3.63) is 48.8 Å². The molecule has 2 heterocycles. The third kappa shape index (κ3) is 2.72. The monoisotopic (exact) mass is 269 g/mol. The van der Waals surface area contributed by atoms with Crippen LogP contribution in [0.25, 0.3) is 11.0 Å². The van der Waals surface area contributed by atoms with E-state index in [-0.39, 0.29) is 0 Å². The molecule has 0 saturated heterocycles. The number of fused-ring (bicyclic) bond motifs is 1. The lowest BCUT2D eigenvalue weighted by Gasteiger charge is -2.06. The first-order chi connectivity index (χ1) is 9.84. The summed E-state index contributed by atoms with van der Waals surface area (Å²) in [5, 5.41) is 3.42. The predicted molar refractivity (Wildman–Crippen MR) is 79.3 cm³/mol. The molecule has 0 saturated carbocycles. The highest BCUT2D eigenvalue weighted by Gasteiger charge is 2.01. The Hall–Kier alpha value is -2.14. The van der Waals surface area contributed by atoms with Crippen molar-refractivity contribution in [2.45, 2.75) is 19.5 Å². The minimum Gasteiger partial charge on any atom is -0.337 e. The van der Waals surface area contributed by atoms with Crippen LogP contribution in [0.15, 0.2) is 43.0 Å². The molecule has 0 aliphatic heterocycles. The van der Waals surface area contributed by atoms with Crippen LogP contribution < -0.4 is 5.32 Å². The second-order valence-corrected chi connectivity index (χ2v) is 4.91. The van der Waals surface area contributed by atoms with Crippen molar-refractivity contribution < 1.29 is 0 Å². The number of hydrogen-bond acceptors (Lipinski definition) is 3. The largest absolute Gasteiger partial charge is 0.337 e. The van der Waals surface area contributed by atoms with Crippen molar-refractivity contribution >= 4 is 11.0 Å². The standard InChI is InChI=1S/C15H19N5/c1-19-10-8-17-15(19)11-16-7-4-9-20-12-18-13-5-2-3-6-14(13)20/h2-3,5-6,8,10,12,16H,4,7,9,11H2,1H3. The Morgan fingerprint density at radius 3 is 2.95 bits per heavy atom. The summed E-state index contributed by atoms with van der Waals surface area (Å²) in [6.45, 7) is 2.77. The zero-order valence-electron chi connectivity index (χ0n) is 11.7. The highest BCUT2D eigenvalue weighted by molar-refractivity contribution is 5.74. The molecule has 1 aromatic carbocycles. The Labute approximate surface area is 118 Å². The van der Waals surface area contributed by atoms with E-state index in [1.165, 1.54) is 5.52 Å². The second kappa shape index (κ2) is 5.88. The van der Waals surface area contributed by atoms with Gasteiger partial charge in [-0.15, -0.1) is 0 Å². The van der Waals surface area contributed by atoms with Crippen molar-refractivity contribution in [3.63, 3.8) is 0 Å². The van der Waals surface area contributed by atoms with Crippen molar-refractivity contribution in [3.8, 4) is 0 Å². The van der Waals surface area contributed by atoms with Crippen LogP contribution in [0.2, 0.25) is 0 Å². The van der Waals surface area contributed by atoms with Gasteiger partial charge in [-0.25, -0.2) is 9.97 Å². The maximum absolute atomic E-state index is 4.40. The molecule has 3 rings (SSSR count). The molecule has 5 nitrogen and oxygen atoms in total. The van der Waals surface area contributed by atoms with Crippen molar-refractivity contribution in [1.29, 1.82) is 0 Å². The van der Waals surface area contributed by atoms with Gasteiger partial charge in [0.1, 0.15) is 5.82 Å². The van der Waals surface area contributed by atoms with Crippen LogP contribution in [0.1, 0.15) is 12.2 Å². The summed E-state index contributed by atoms with van der Waals surface area (Å²) in [7, 11) is 2.02. The summed E-state index contributed by atoms with van der Waals surface area (Å²) in [4.78, 5) is 8.69. The van der Waals surface area contributed by atoms with Gasteiger partial charge in [-0.1, -0.05) is 12.1 Å². The first kappa shape index (κ1) is 12.9. The lowest BCUT2D eigenvalue weighted by molar-refractivity contribution is 0.571. The first-order valence-corrected chi connectivity index (χ1v) is 6.91. The van der Waals surface area contributed by atoms with Gasteiger partial charge in [0.05, 0.1) is 23.9 Å². The van der Waals surface area contributed by atoms with Gasteiger partial charge in [-0.2, -0.15) is 0 Å². The Morgan fingerprint density at radius 1 is 1.20 bits per heavy atom. The molecule has 1 N–H and O–H groups in total. The van der Waals surface area contributed by atoms with Crippen molar-refractivity contribution in [1.82, 2.24) is 24.4 Å². The lowest BCUT2D eigenvalue weighted by Crippen LogP contribution is -2.18. The zero-order valence-corrected chi connectivity index (χ0v) is 11.7. The van der Waals surface area contributed by atoms with E-state index in [1.54, 1.807) is 0 Å². The fraction of sp³-hybridized carbons (Fsp3) is 0.333.